The highest BCUT2D eigenvalue weighted by molar-refractivity contribution is 6.43. The molecular formula is C8H7FN2O2. The van der Waals surface area contributed by atoms with E-state index in [9.17, 15) is 9.18 Å². The predicted molar refractivity (Wildman–Crippen MR) is 42.7 cm³/mol. The van der Waals surface area contributed by atoms with Crippen LogP contribution in [-0.4, -0.2) is 16.8 Å². The van der Waals surface area contributed by atoms with Gasteiger partial charge < -0.3 is 10.5 Å². The lowest BCUT2D eigenvalue weighted by Crippen LogP contribution is -2.19. The minimum absolute atomic E-state index is 0.0190. The molecule has 0 aromatic carbocycles. The normalized spacial score (nSPS) is 29.5. The maximum Gasteiger partial charge on any atom is 0.274 e. The molecular weight excluding hydrogens is 175 g/mol. The lowest BCUT2D eigenvalue weighted by molar-refractivity contribution is -0.113. The first kappa shape index (κ1) is 7.97. The predicted octanol–water partition coefficient (Wildman–Crippen LogP) is 0.704. The largest absolute Gasteiger partial charge is 0.410 e. The quantitative estimate of drug-likeness (QED) is 0.428. The molecule has 1 fully saturated rings. The fourth-order valence-corrected chi connectivity index (χ4v) is 1.54. The SMILES string of the molecule is O=C1NC2=C(F)C=CCC2C1=NO. The van der Waals surface area contributed by atoms with Crippen molar-refractivity contribution in [1.29, 1.82) is 0 Å². The van der Waals surface area contributed by atoms with Crippen LogP contribution in [0.1, 0.15) is 6.42 Å². The van der Waals surface area contributed by atoms with Crippen LogP contribution in [0.25, 0.3) is 0 Å². The van der Waals surface area contributed by atoms with Gasteiger partial charge in [-0.3, -0.25) is 4.79 Å². The average molecular weight is 182 g/mol. The Morgan fingerprint density at radius 1 is 1.69 bits per heavy atom. The second-order valence-electron chi connectivity index (χ2n) is 2.89. The molecule has 68 valence electrons. The molecule has 1 heterocycles. The fraction of sp³-hybridized carbons (Fsp3) is 0.250. The van der Waals surface area contributed by atoms with Crippen molar-refractivity contribution < 1.29 is 14.4 Å². The molecule has 1 saturated heterocycles. The van der Waals surface area contributed by atoms with Crippen LogP contribution < -0.4 is 5.32 Å². The molecule has 1 amide bonds. The molecule has 1 aliphatic carbocycles. The van der Waals surface area contributed by atoms with Crippen LogP contribution in [0.4, 0.5) is 4.39 Å². The third kappa shape index (κ3) is 1.04. The highest BCUT2D eigenvalue weighted by atomic mass is 19.1. The molecule has 5 heteroatoms. The highest BCUT2D eigenvalue weighted by Crippen LogP contribution is 2.29. The van der Waals surface area contributed by atoms with E-state index in [1.54, 1.807) is 6.08 Å². The molecule has 2 rings (SSSR count). The van der Waals surface area contributed by atoms with Crippen LogP contribution >= 0.6 is 0 Å². The third-order valence-electron chi connectivity index (χ3n) is 2.16. The van der Waals surface area contributed by atoms with Crippen LogP contribution in [0, 0.1) is 5.92 Å². The fourth-order valence-electron chi connectivity index (χ4n) is 1.54. The van der Waals surface area contributed by atoms with E-state index in [0.717, 1.165) is 0 Å². The van der Waals surface area contributed by atoms with Crippen LogP contribution in [0.3, 0.4) is 0 Å². The van der Waals surface area contributed by atoms with Crippen molar-refractivity contribution in [3.05, 3.63) is 23.7 Å². The summed E-state index contributed by atoms with van der Waals surface area (Å²) in [6.45, 7) is 0. The highest BCUT2D eigenvalue weighted by Gasteiger charge is 2.37. The zero-order chi connectivity index (χ0) is 9.42. The molecule has 0 spiro atoms. The first-order valence-electron chi connectivity index (χ1n) is 3.83. The van der Waals surface area contributed by atoms with Crippen molar-refractivity contribution in [2.24, 2.45) is 11.1 Å². The number of nitrogens with one attached hydrogen (secondary N) is 1. The number of oxime groups is 1. The van der Waals surface area contributed by atoms with E-state index < -0.39 is 17.7 Å². The van der Waals surface area contributed by atoms with Crippen molar-refractivity contribution >= 4 is 11.6 Å². The topological polar surface area (TPSA) is 61.7 Å². The second kappa shape index (κ2) is 2.69. The van der Waals surface area contributed by atoms with Gasteiger partial charge >= 0.3 is 0 Å². The Kier molecular flexibility index (Phi) is 1.65. The van der Waals surface area contributed by atoms with Crippen molar-refractivity contribution in [3.63, 3.8) is 0 Å². The number of hydrogen-bond acceptors (Lipinski definition) is 3. The maximum atomic E-state index is 13.1. The molecule has 1 unspecified atom stereocenters. The minimum Gasteiger partial charge on any atom is -0.410 e. The van der Waals surface area contributed by atoms with Gasteiger partial charge in [0.25, 0.3) is 5.91 Å². The van der Waals surface area contributed by atoms with Crippen LogP contribution in [-0.2, 0) is 4.79 Å². The summed E-state index contributed by atoms with van der Waals surface area (Å²) in [5.41, 5.74) is 0.190. The molecule has 13 heavy (non-hydrogen) atoms. The number of allylic oxidation sites excluding steroid dienone is 4. The first-order chi connectivity index (χ1) is 6.24. The Morgan fingerprint density at radius 2 is 2.46 bits per heavy atom. The zero-order valence-corrected chi connectivity index (χ0v) is 6.62. The second-order valence-corrected chi connectivity index (χ2v) is 2.89. The van der Waals surface area contributed by atoms with Crippen LogP contribution in [0.2, 0.25) is 0 Å². The van der Waals surface area contributed by atoms with Crippen molar-refractivity contribution in [3.8, 4) is 0 Å². The number of nitrogens with zero attached hydrogens (tertiary/aromatic N) is 1. The summed E-state index contributed by atoms with van der Waals surface area (Å²) in [4.78, 5) is 11.1. The Labute approximate surface area is 73.4 Å². The van der Waals surface area contributed by atoms with Crippen molar-refractivity contribution in [1.82, 2.24) is 5.32 Å². The van der Waals surface area contributed by atoms with Gasteiger partial charge in [-0.1, -0.05) is 11.2 Å². The molecule has 0 radical (unpaired) electrons. The Hall–Kier alpha value is -1.65. The van der Waals surface area contributed by atoms with Gasteiger partial charge in [0.15, 0.2) is 5.71 Å². The molecule has 1 aliphatic heterocycles. The number of fused-ring (bicyclic) bond motifs is 1. The van der Waals surface area contributed by atoms with E-state index in [0.29, 0.717) is 6.42 Å². The lowest BCUT2D eigenvalue weighted by atomic mass is 9.95. The van der Waals surface area contributed by atoms with Gasteiger partial charge in [0.2, 0.25) is 0 Å². The summed E-state index contributed by atoms with van der Waals surface area (Å²) in [5.74, 6) is -1.44. The zero-order valence-electron chi connectivity index (χ0n) is 6.62. The average Bonchev–Trinajstić information content (AvgIpc) is 2.43. The smallest absolute Gasteiger partial charge is 0.274 e. The molecule has 0 saturated carbocycles. The lowest BCUT2D eigenvalue weighted by Gasteiger charge is -2.11. The summed E-state index contributed by atoms with van der Waals surface area (Å²) in [7, 11) is 0. The van der Waals surface area contributed by atoms with Gasteiger partial charge in [0.1, 0.15) is 5.83 Å². The van der Waals surface area contributed by atoms with Crippen molar-refractivity contribution in [2.45, 2.75) is 6.42 Å². The molecule has 2 N–H and O–H groups in total. The summed E-state index contributed by atoms with van der Waals surface area (Å²) < 4.78 is 13.1. The summed E-state index contributed by atoms with van der Waals surface area (Å²) in [5, 5.41) is 13.7. The monoisotopic (exact) mass is 182 g/mol. The van der Waals surface area contributed by atoms with E-state index in [-0.39, 0.29) is 11.4 Å². The standard InChI is InChI=1S/C8H7FN2O2/c9-5-3-1-2-4-6(5)10-8(12)7(4)11-13/h1,3-4,13H,2H2,(H,10,12). The van der Waals surface area contributed by atoms with Crippen molar-refractivity contribution in [2.75, 3.05) is 0 Å². The molecule has 2 aliphatic rings. The van der Waals surface area contributed by atoms with E-state index in [1.165, 1.54) is 6.08 Å². The molecule has 0 bridgehead atoms. The van der Waals surface area contributed by atoms with E-state index in [4.69, 9.17) is 5.21 Å². The number of hydrogen-bond donors (Lipinski definition) is 2. The number of amides is 1. The molecule has 1 atom stereocenters. The summed E-state index contributed by atoms with van der Waals surface area (Å²) in [6.07, 6.45) is 3.39. The maximum absolute atomic E-state index is 13.1. The van der Waals surface area contributed by atoms with Gasteiger partial charge in [-0.15, -0.1) is 0 Å². The number of carbonyl (C=O) groups excluding carboxylic acids is 1. The minimum atomic E-state index is -0.527. The van der Waals surface area contributed by atoms with E-state index in [1.807, 2.05) is 0 Å². The van der Waals surface area contributed by atoms with Crippen LogP contribution in [0.5, 0.6) is 0 Å². The van der Waals surface area contributed by atoms with Gasteiger partial charge in [0.05, 0.1) is 11.6 Å². The third-order valence-corrected chi connectivity index (χ3v) is 2.16. The molecule has 0 aromatic rings. The van der Waals surface area contributed by atoms with Gasteiger partial charge in [-0.25, -0.2) is 4.39 Å². The first-order valence-corrected chi connectivity index (χ1v) is 3.83. The molecule has 0 aromatic heterocycles. The van der Waals surface area contributed by atoms with Crippen LogP contribution in [0.15, 0.2) is 28.8 Å². The Balaban J connectivity index is 2.46. The number of rotatable bonds is 0. The van der Waals surface area contributed by atoms with E-state index in [2.05, 4.69) is 10.5 Å². The van der Waals surface area contributed by atoms with E-state index >= 15 is 0 Å². The number of carbonyl (C=O) groups is 1. The molecule has 4 nitrogen and oxygen atoms in total. The Bertz CT molecular complexity index is 357. The summed E-state index contributed by atoms with van der Waals surface area (Å²) in [6, 6.07) is 0. The van der Waals surface area contributed by atoms with Gasteiger partial charge in [-0.2, -0.15) is 0 Å². The van der Waals surface area contributed by atoms with Gasteiger partial charge in [0, 0.05) is 0 Å². The van der Waals surface area contributed by atoms with Gasteiger partial charge in [-0.05, 0) is 12.5 Å². The Morgan fingerprint density at radius 3 is 3.15 bits per heavy atom. The number of halogens is 1. The summed E-state index contributed by atoms with van der Waals surface area (Å²) >= 11 is 0.